The van der Waals surface area contributed by atoms with Gasteiger partial charge in [0.2, 0.25) is 0 Å². The maximum Gasteiger partial charge on any atom is 0.251 e. The summed E-state index contributed by atoms with van der Waals surface area (Å²) in [5.74, 6) is -0.0783. The summed E-state index contributed by atoms with van der Waals surface area (Å²) < 4.78 is 1.87. The van der Waals surface area contributed by atoms with E-state index in [1.165, 1.54) is 0 Å². The van der Waals surface area contributed by atoms with Crippen molar-refractivity contribution in [2.24, 2.45) is 0 Å². The lowest BCUT2D eigenvalue weighted by Crippen LogP contribution is -2.34. The highest BCUT2D eigenvalue weighted by Gasteiger charge is 2.08. The van der Waals surface area contributed by atoms with E-state index in [1.54, 1.807) is 18.6 Å². The van der Waals surface area contributed by atoms with Crippen molar-refractivity contribution >= 4 is 17.1 Å². The molecule has 0 bridgehead atoms. The van der Waals surface area contributed by atoms with E-state index in [-0.39, 0.29) is 11.9 Å². The number of rotatable bonds is 5. The average molecular weight is 294 g/mol. The van der Waals surface area contributed by atoms with Gasteiger partial charge in [0.15, 0.2) is 0 Å². The van der Waals surface area contributed by atoms with Gasteiger partial charge < -0.3 is 15.0 Å². The highest BCUT2D eigenvalue weighted by molar-refractivity contribution is 5.95. The summed E-state index contributed by atoms with van der Waals surface area (Å²) >= 11 is 0. The van der Waals surface area contributed by atoms with E-state index in [1.807, 2.05) is 53.9 Å². The minimum absolute atomic E-state index is 0.0783. The zero-order valence-electron chi connectivity index (χ0n) is 12.4. The van der Waals surface area contributed by atoms with Gasteiger partial charge in [0.05, 0.1) is 18.0 Å². The summed E-state index contributed by atoms with van der Waals surface area (Å²) in [7, 11) is 0. The Morgan fingerprint density at radius 2 is 2.09 bits per heavy atom. The van der Waals surface area contributed by atoms with Crippen LogP contribution in [0.25, 0.3) is 5.52 Å². The molecule has 0 saturated heterocycles. The summed E-state index contributed by atoms with van der Waals surface area (Å²) in [6, 6.07) is 13.7. The molecule has 22 heavy (non-hydrogen) atoms. The summed E-state index contributed by atoms with van der Waals surface area (Å²) in [5, 5.41) is 6.29. The zero-order valence-corrected chi connectivity index (χ0v) is 12.4. The Morgan fingerprint density at radius 3 is 2.91 bits per heavy atom. The molecule has 5 heteroatoms. The Hall–Kier alpha value is -2.82. The second-order valence-corrected chi connectivity index (χ2v) is 5.26. The SMILES string of the molecule is C[C@@H](CNC(=O)c1ccn2cncc2c1)Nc1ccccc1. The highest BCUT2D eigenvalue weighted by Crippen LogP contribution is 2.08. The Morgan fingerprint density at radius 1 is 1.27 bits per heavy atom. The fraction of sp³-hybridized carbons (Fsp3) is 0.176. The third-order valence-electron chi connectivity index (χ3n) is 3.43. The van der Waals surface area contributed by atoms with Gasteiger partial charge in [0.1, 0.15) is 0 Å². The molecule has 1 aromatic carbocycles. The number of pyridine rings is 1. The molecule has 0 aliphatic carbocycles. The zero-order chi connectivity index (χ0) is 15.4. The van der Waals surface area contributed by atoms with Crippen LogP contribution in [0.1, 0.15) is 17.3 Å². The van der Waals surface area contributed by atoms with E-state index >= 15 is 0 Å². The smallest absolute Gasteiger partial charge is 0.251 e. The average Bonchev–Trinajstić information content (AvgIpc) is 3.01. The summed E-state index contributed by atoms with van der Waals surface area (Å²) in [6.07, 6.45) is 5.28. The first-order chi connectivity index (χ1) is 10.7. The maximum absolute atomic E-state index is 12.2. The van der Waals surface area contributed by atoms with Gasteiger partial charge in [-0.2, -0.15) is 0 Å². The minimum atomic E-state index is -0.0783. The number of nitrogens with zero attached hydrogens (tertiary/aromatic N) is 2. The van der Waals surface area contributed by atoms with Gasteiger partial charge in [0.25, 0.3) is 5.91 Å². The van der Waals surface area contributed by atoms with Crippen LogP contribution in [0.15, 0.2) is 61.2 Å². The number of para-hydroxylation sites is 1. The van der Waals surface area contributed by atoms with Crippen molar-refractivity contribution in [1.82, 2.24) is 14.7 Å². The van der Waals surface area contributed by atoms with E-state index in [2.05, 4.69) is 15.6 Å². The molecule has 0 fully saturated rings. The number of amides is 1. The molecule has 1 amide bonds. The molecule has 2 aromatic heterocycles. The molecule has 0 aliphatic rings. The molecule has 3 aromatic rings. The molecular weight excluding hydrogens is 276 g/mol. The lowest BCUT2D eigenvalue weighted by atomic mass is 10.2. The van der Waals surface area contributed by atoms with Crippen LogP contribution in [-0.4, -0.2) is 27.9 Å². The fourth-order valence-corrected chi connectivity index (χ4v) is 2.28. The lowest BCUT2D eigenvalue weighted by molar-refractivity contribution is 0.0952. The molecular formula is C17H18N4O. The topological polar surface area (TPSA) is 58.4 Å². The molecule has 0 radical (unpaired) electrons. The molecule has 0 aliphatic heterocycles. The molecule has 112 valence electrons. The van der Waals surface area contributed by atoms with Crippen LogP contribution in [0.3, 0.4) is 0 Å². The van der Waals surface area contributed by atoms with Crippen LogP contribution in [0.5, 0.6) is 0 Å². The highest BCUT2D eigenvalue weighted by atomic mass is 16.1. The molecule has 0 unspecified atom stereocenters. The second-order valence-electron chi connectivity index (χ2n) is 5.26. The van der Waals surface area contributed by atoms with E-state index in [9.17, 15) is 4.79 Å². The largest absolute Gasteiger partial charge is 0.381 e. The van der Waals surface area contributed by atoms with E-state index in [0.717, 1.165) is 11.2 Å². The lowest BCUT2D eigenvalue weighted by Gasteiger charge is -2.16. The number of aromatic nitrogens is 2. The quantitative estimate of drug-likeness (QED) is 0.760. The second kappa shape index (κ2) is 6.30. The number of nitrogens with one attached hydrogen (secondary N) is 2. The van der Waals surface area contributed by atoms with Gasteiger partial charge in [-0.15, -0.1) is 0 Å². The van der Waals surface area contributed by atoms with Gasteiger partial charge in [0, 0.05) is 30.0 Å². The summed E-state index contributed by atoms with van der Waals surface area (Å²) in [4.78, 5) is 16.2. The van der Waals surface area contributed by atoms with E-state index < -0.39 is 0 Å². The number of carbonyl (C=O) groups excluding carboxylic acids is 1. The van der Waals surface area contributed by atoms with Crippen molar-refractivity contribution in [2.75, 3.05) is 11.9 Å². The third-order valence-corrected chi connectivity index (χ3v) is 3.43. The first kappa shape index (κ1) is 14.1. The summed E-state index contributed by atoms with van der Waals surface area (Å²) in [6.45, 7) is 2.59. The Balaban J connectivity index is 1.57. The van der Waals surface area contributed by atoms with Crippen molar-refractivity contribution in [1.29, 1.82) is 0 Å². The first-order valence-corrected chi connectivity index (χ1v) is 7.24. The van der Waals surface area contributed by atoms with Crippen LogP contribution in [0.4, 0.5) is 5.69 Å². The first-order valence-electron chi connectivity index (χ1n) is 7.24. The van der Waals surface area contributed by atoms with Crippen molar-refractivity contribution in [3.05, 3.63) is 66.7 Å². The van der Waals surface area contributed by atoms with Crippen LogP contribution in [-0.2, 0) is 0 Å². The Kier molecular flexibility index (Phi) is 4.05. The van der Waals surface area contributed by atoms with Gasteiger partial charge in [-0.25, -0.2) is 4.98 Å². The van der Waals surface area contributed by atoms with Gasteiger partial charge >= 0.3 is 0 Å². The molecule has 2 heterocycles. The van der Waals surface area contributed by atoms with Crippen LogP contribution >= 0.6 is 0 Å². The normalized spacial score (nSPS) is 12.0. The van der Waals surface area contributed by atoms with Gasteiger partial charge in [-0.1, -0.05) is 18.2 Å². The number of carbonyl (C=O) groups is 1. The van der Waals surface area contributed by atoms with E-state index in [4.69, 9.17) is 0 Å². The number of anilines is 1. The monoisotopic (exact) mass is 294 g/mol. The number of hydrogen-bond acceptors (Lipinski definition) is 3. The Labute approximate surface area is 129 Å². The van der Waals surface area contributed by atoms with Crippen molar-refractivity contribution in [3.63, 3.8) is 0 Å². The predicted octanol–water partition coefficient (Wildman–Crippen LogP) is 2.56. The standard InChI is InChI=1S/C17H18N4O/c1-13(20-15-5-3-2-4-6-15)10-19-17(22)14-7-8-21-12-18-11-16(21)9-14/h2-9,11-13,20H,10H2,1H3,(H,19,22)/t13-/m0/s1. The number of benzene rings is 1. The fourth-order valence-electron chi connectivity index (χ4n) is 2.28. The van der Waals surface area contributed by atoms with Crippen molar-refractivity contribution in [2.45, 2.75) is 13.0 Å². The molecule has 3 rings (SSSR count). The Bertz CT molecular complexity index is 766. The molecule has 0 spiro atoms. The number of fused-ring (bicyclic) bond motifs is 1. The van der Waals surface area contributed by atoms with Crippen molar-refractivity contribution in [3.8, 4) is 0 Å². The molecule has 1 atom stereocenters. The van der Waals surface area contributed by atoms with Crippen molar-refractivity contribution < 1.29 is 4.79 Å². The molecule has 5 nitrogen and oxygen atoms in total. The maximum atomic E-state index is 12.2. The third kappa shape index (κ3) is 3.25. The van der Waals surface area contributed by atoms with E-state index in [0.29, 0.717) is 12.1 Å². The van der Waals surface area contributed by atoms with Crippen LogP contribution < -0.4 is 10.6 Å². The summed E-state index contributed by atoms with van der Waals surface area (Å²) in [5.41, 5.74) is 2.59. The molecule has 2 N–H and O–H groups in total. The van der Waals surface area contributed by atoms with Gasteiger partial charge in [-0.3, -0.25) is 4.79 Å². The number of hydrogen-bond donors (Lipinski definition) is 2. The molecule has 0 saturated carbocycles. The predicted molar refractivity (Wildman–Crippen MR) is 87.1 cm³/mol. The van der Waals surface area contributed by atoms with Crippen LogP contribution in [0.2, 0.25) is 0 Å². The number of imidazole rings is 1. The van der Waals surface area contributed by atoms with Gasteiger partial charge in [-0.05, 0) is 31.2 Å². The van der Waals surface area contributed by atoms with Crippen LogP contribution in [0, 0.1) is 0 Å². The minimum Gasteiger partial charge on any atom is -0.381 e.